The third-order valence-electron chi connectivity index (χ3n) is 5.17. The van der Waals surface area contributed by atoms with Crippen molar-refractivity contribution in [3.05, 3.63) is 71.3 Å². The van der Waals surface area contributed by atoms with Gasteiger partial charge in [-0.3, -0.25) is 9.62 Å². The number of ether oxygens (including phenoxy) is 2. The topological polar surface area (TPSA) is 123 Å². The van der Waals surface area contributed by atoms with E-state index >= 15 is 4.39 Å². The minimum absolute atomic E-state index is 0.0629. The first-order chi connectivity index (χ1) is 16.6. The van der Waals surface area contributed by atoms with Gasteiger partial charge in [-0.1, -0.05) is 0 Å². The summed E-state index contributed by atoms with van der Waals surface area (Å²) in [6.07, 6.45) is 1.45. The zero-order valence-corrected chi connectivity index (χ0v) is 19.1. The second-order valence-electron chi connectivity index (χ2n) is 7.30. The molecule has 0 aliphatic carbocycles. The monoisotopic (exact) mass is 509 g/mol. The molecule has 0 radical (unpaired) electrons. The van der Waals surface area contributed by atoms with E-state index in [0.29, 0.717) is 0 Å². The van der Waals surface area contributed by atoms with Crippen molar-refractivity contribution in [1.29, 1.82) is 0 Å². The summed E-state index contributed by atoms with van der Waals surface area (Å²) in [5, 5.41) is 0. The summed E-state index contributed by atoms with van der Waals surface area (Å²) in [6.45, 7) is 1.24. The fourth-order valence-corrected chi connectivity index (χ4v) is 3.83. The molecule has 3 heterocycles. The second-order valence-corrected chi connectivity index (χ2v) is 8.92. The van der Waals surface area contributed by atoms with Crippen LogP contribution in [0.4, 0.5) is 23.8 Å². The average Bonchev–Trinajstić information content (AvgIpc) is 2.82. The number of anilines is 1. The summed E-state index contributed by atoms with van der Waals surface area (Å²) in [4.78, 5) is 21.2. The maximum atomic E-state index is 15.1. The average molecular weight is 509 g/mol. The van der Waals surface area contributed by atoms with Gasteiger partial charge in [0.1, 0.15) is 0 Å². The first-order valence-electron chi connectivity index (χ1n) is 10.0. The molecule has 0 spiro atoms. The normalized spacial score (nSPS) is 15.4. The van der Waals surface area contributed by atoms with Gasteiger partial charge in [0.25, 0.3) is 16.1 Å². The van der Waals surface area contributed by atoms with Crippen LogP contribution < -0.4 is 18.9 Å². The van der Waals surface area contributed by atoms with Gasteiger partial charge in [0, 0.05) is 30.6 Å². The Hall–Kier alpha value is -3.91. The fourth-order valence-electron chi connectivity index (χ4n) is 3.33. The molecular weight excluding hydrogens is 491 g/mol. The number of benzene rings is 1. The standard InChI is InChI=1S/C21H18F3N5O5S/c1-11-13-5-6-15(33-20-14(22)4-3-8-27-20)17(24)18(13)34-21(30)29(11)10-12-7-9-26-19(16(12)23)28-35(31,32)25-2/h3-9,11,25H,10H2,1-2H3,(H,26,28)/t11-/m0/s1. The van der Waals surface area contributed by atoms with Crippen molar-refractivity contribution in [2.45, 2.75) is 19.5 Å². The molecule has 10 nitrogen and oxygen atoms in total. The summed E-state index contributed by atoms with van der Waals surface area (Å²) in [5.41, 5.74) is 0.189. The van der Waals surface area contributed by atoms with Crippen LogP contribution in [0.3, 0.4) is 0 Å². The third-order valence-corrected chi connectivity index (χ3v) is 6.17. The van der Waals surface area contributed by atoms with Crippen LogP contribution >= 0.6 is 0 Å². The first kappa shape index (κ1) is 24.2. The summed E-state index contributed by atoms with van der Waals surface area (Å²) < 4.78 is 81.4. The summed E-state index contributed by atoms with van der Waals surface area (Å²) >= 11 is 0. The highest BCUT2D eigenvalue weighted by Gasteiger charge is 2.35. The summed E-state index contributed by atoms with van der Waals surface area (Å²) in [6, 6.07) is 5.58. The molecule has 3 aromatic rings. The Morgan fingerprint density at radius 3 is 2.60 bits per heavy atom. The molecule has 4 rings (SSSR count). The number of pyridine rings is 2. The van der Waals surface area contributed by atoms with E-state index in [1.165, 1.54) is 36.7 Å². The number of carbonyl (C=O) groups is 1. The van der Waals surface area contributed by atoms with E-state index in [2.05, 4.69) is 9.97 Å². The highest BCUT2D eigenvalue weighted by atomic mass is 32.2. The molecule has 1 amide bonds. The number of nitrogens with zero attached hydrogens (tertiary/aromatic N) is 3. The Morgan fingerprint density at radius 2 is 1.89 bits per heavy atom. The van der Waals surface area contributed by atoms with Crippen LogP contribution in [0, 0.1) is 17.5 Å². The predicted molar refractivity (Wildman–Crippen MR) is 116 cm³/mol. The Labute approximate surface area is 197 Å². The molecule has 35 heavy (non-hydrogen) atoms. The van der Waals surface area contributed by atoms with Gasteiger partial charge < -0.3 is 9.47 Å². The van der Waals surface area contributed by atoms with Crippen LogP contribution in [0.25, 0.3) is 0 Å². The lowest BCUT2D eigenvalue weighted by Crippen LogP contribution is -2.39. The Bertz CT molecular complexity index is 1410. The number of hydrogen-bond donors (Lipinski definition) is 2. The number of rotatable bonds is 7. The van der Waals surface area contributed by atoms with Crippen LogP contribution in [0.15, 0.2) is 42.7 Å². The first-order valence-corrected chi connectivity index (χ1v) is 11.5. The summed E-state index contributed by atoms with van der Waals surface area (Å²) in [7, 11) is -2.90. The zero-order chi connectivity index (χ0) is 25.3. The van der Waals surface area contributed by atoms with Gasteiger partial charge in [-0.25, -0.2) is 28.3 Å². The van der Waals surface area contributed by atoms with Crippen molar-refractivity contribution in [3.8, 4) is 17.4 Å². The highest BCUT2D eigenvalue weighted by Crippen LogP contribution is 2.41. The zero-order valence-electron chi connectivity index (χ0n) is 18.3. The van der Waals surface area contributed by atoms with E-state index in [1.807, 2.05) is 9.44 Å². The van der Waals surface area contributed by atoms with Crippen molar-refractivity contribution < 1.29 is 35.9 Å². The third kappa shape index (κ3) is 4.83. The number of halogens is 3. The van der Waals surface area contributed by atoms with E-state index in [-0.39, 0.29) is 17.7 Å². The molecular formula is C21H18F3N5O5S. The van der Waals surface area contributed by atoms with E-state index in [1.54, 1.807) is 6.92 Å². The Kier molecular flexibility index (Phi) is 6.49. The largest absolute Gasteiger partial charge is 0.433 e. The van der Waals surface area contributed by atoms with Crippen LogP contribution in [0.5, 0.6) is 17.4 Å². The van der Waals surface area contributed by atoms with Gasteiger partial charge >= 0.3 is 6.09 Å². The highest BCUT2D eigenvalue weighted by molar-refractivity contribution is 7.90. The number of hydrogen-bond acceptors (Lipinski definition) is 7. The molecule has 2 aromatic heterocycles. The van der Waals surface area contributed by atoms with E-state index in [9.17, 15) is 22.0 Å². The molecule has 0 saturated heterocycles. The van der Waals surface area contributed by atoms with Gasteiger partial charge in [0.05, 0.1) is 12.6 Å². The Morgan fingerprint density at radius 1 is 1.11 bits per heavy atom. The van der Waals surface area contributed by atoms with Crippen molar-refractivity contribution in [2.75, 3.05) is 11.8 Å². The lowest BCUT2D eigenvalue weighted by molar-refractivity contribution is 0.114. The Balaban J connectivity index is 1.60. The van der Waals surface area contributed by atoms with E-state index < -0.39 is 63.0 Å². The molecule has 14 heteroatoms. The quantitative estimate of drug-likeness (QED) is 0.499. The second kappa shape index (κ2) is 9.38. The molecule has 1 atom stereocenters. The molecule has 0 fully saturated rings. The van der Waals surface area contributed by atoms with E-state index in [4.69, 9.17) is 9.47 Å². The van der Waals surface area contributed by atoms with Crippen LogP contribution in [0.1, 0.15) is 24.1 Å². The maximum Gasteiger partial charge on any atom is 0.416 e. The molecule has 0 saturated carbocycles. The van der Waals surface area contributed by atoms with Crippen molar-refractivity contribution >= 4 is 22.1 Å². The van der Waals surface area contributed by atoms with Crippen LogP contribution in [0.2, 0.25) is 0 Å². The molecule has 1 aromatic carbocycles. The minimum atomic E-state index is -4.03. The van der Waals surface area contributed by atoms with Gasteiger partial charge in [0.15, 0.2) is 29.0 Å². The van der Waals surface area contributed by atoms with Gasteiger partial charge in [-0.15, -0.1) is 0 Å². The number of carbonyl (C=O) groups excluding carboxylic acids is 1. The van der Waals surface area contributed by atoms with Crippen LogP contribution in [-0.2, 0) is 16.8 Å². The smallest absolute Gasteiger partial charge is 0.416 e. The molecule has 0 unspecified atom stereocenters. The predicted octanol–water partition coefficient (Wildman–Crippen LogP) is 3.64. The number of amides is 1. The number of nitrogens with one attached hydrogen (secondary N) is 2. The molecule has 1 aliphatic rings. The molecule has 0 bridgehead atoms. The van der Waals surface area contributed by atoms with Gasteiger partial charge in [-0.2, -0.15) is 12.8 Å². The van der Waals surface area contributed by atoms with Gasteiger partial charge in [0.2, 0.25) is 5.82 Å². The lowest BCUT2D eigenvalue weighted by atomic mass is 10.0. The van der Waals surface area contributed by atoms with Crippen molar-refractivity contribution in [3.63, 3.8) is 0 Å². The fraction of sp³-hybridized carbons (Fsp3) is 0.190. The lowest BCUT2D eigenvalue weighted by Gasteiger charge is -2.34. The van der Waals surface area contributed by atoms with Crippen molar-refractivity contribution in [1.82, 2.24) is 19.6 Å². The molecule has 1 aliphatic heterocycles. The maximum absolute atomic E-state index is 15.1. The van der Waals surface area contributed by atoms with Gasteiger partial charge in [-0.05, 0) is 37.3 Å². The molecule has 184 valence electrons. The van der Waals surface area contributed by atoms with Crippen molar-refractivity contribution in [2.24, 2.45) is 0 Å². The molecule has 2 N–H and O–H groups in total. The van der Waals surface area contributed by atoms with Crippen LogP contribution in [-0.4, -0.2) is 36.4 Å². The SMILES string of the molecule is CNS(=O)(=O)Nc1nccc(CN2C(=O)Oc3c(ccc(Oc4ncccc4F)c3F)[C@@H]2C)c1F. The number of aromatic nitrogens is 2. The number of fused-ring (bicyclic) bond motifs is 1. The van der Waals surface area contributed by atoms with E-state index in [0.717, 1.165) is 18.0 Å². The minimum Gasteiger partial charge on any atom is -0.433 e. The summed E-state index contributed by atoms with van der Waals surface area (Å²) in [5.74, 6) is -4.68.